The molecule has 1 atom stereocenters. The fourth-order valence-electron chi connectivity index (χ4n) is 1.67. The first-order valence-corrected chi connectivity index (χ1v) is 6.05. The van der Waals surface area contributed by atoms with Gasteiger partial charge in [-0.05, 0) is 11.6 Å². The van der Waals surface area contributed by atoms with Crippen molar-refractivity contribution in [2.75, 3.05) is 0 Å². The zero-order chi connectivity index (χ0) is 12.7. The minimum absolute atomic E-state index is 0.234. The van der Waals surface area contributed by atoms with Crippen LogP contribution >= 0.6 is 0 Å². The van der Waals surface area contributed by atoms with E-state index in [1.807, 2.05) is 0 Å². The molecule has 1 aromatic carbocycles. The molecule has 6 nitrogen and oxygen atoms in total. The quantitative estimate of drug-likeness (QED) is 0.384. The molecule has 0 saturated heterocycles. The third-order valence-electron chi connectivity index (χ3n) is 2.54. The molecule has 0 spiro atoms. The van der Waals surface area contributed by atoms with E-state index < -0.39 is 20.8 Å². The Balaban J connectivity index is 2.74. The normalized spacial score (nSPS) is 25.9. The number of aliphatic hydroxyl groups is 1. The fraction of sp³-hybridized carbons (Fsp3) is 0.100. The first-order valence-electron chi connectivity index (χ1n) is 4.61. The molecule has 0 saturated carbocycles. The van der Waals surface area contributed by atoms with Crippen LogP contribution in [0, 0.1) is 0 Å². The third kappa shape index (κ3) is 1.64. The zero-order valence-corrected chi connectivity index (χ0v) is 9.29. The fourth-order valence-corrected chi connectivity index (χ4v) is 2.30. The number of oxime groups is 1. The monoisotopic (exact) mass is 255 g/mol. The Hall–Kier alpha value is -1.70. The van der Waals surface area contributed by atoms with Gasteiger partial charge in [0.05, 0.1) is 0 Å². The zero-order valence-electron chi connectivity index (χ0n) is 8.48. The van der Waals surface area contributed by atoms with Crippen LogP contribution in [-0.4, -0.2) is 33.9 Å². The van der Waals surface area contributed by atoms with Crippen molar-refractivity contribution in [3.05, 3.63) is 41.5 Å². The second kappa shape index (κ2) is 3.66. The summed E-state index contributed by atoms with van der Waals surface area (Å²) in [4.78, 5) is -2.73. The van der Waals surface area contributed by atoms with Gasteiger partial charge in [-0.1, -0.05) is 35.5 Å². The highest BCUT2D eigenvalue weighted by atomic mass is 32.2. The molecule has 1 aliphatic carbocycles. The summed E-state index contributed by atoms with van der Waals surface area (Å²) in [5, 5.41) is 21.5. The third-order valence-corrected chi connectivity index (χ3v) is 3.65. The number of hydrogen-bond donors (Lipinski definition) is 3. The summed E-state index contributed by atoms with van der Waals surface area (Å²) in [7, 11) is -4.85. The van der Waals surface area contributed by atoms with Crippen molar-refractivity contribution in [1.29, 1.82) is 0 Å². The van der Waals surface area contributed by atoms with Crippen LogP contribution in [0.15, 0.2) is 35.5 Å². The maximum atomic E-state index is 11.1. The van der Waals surface area contributed by atoms with E-state index in [0.717, 1.165) is 6.08 Å². The first-order chi connectivity index (χ1) is 7.90. The van der Waals surface area contributed by atoms with Gasteiger partial charge in [0.2, 0.25) is 0 Å². The maximum absolute atomic E-state index is 11.1. The Morgan fingerprint density at radius 3 is 2.47 bits per heavy atom. The lowest BCUT2D eigenvalue weighted by Crippen LogP contribution is -2.46. The molecule has 90 valence electrons. The molecule has 17 heavy (non-hydrogen) atoms. The van der Waals surface area contributed by atoms with E-state index in [2.05, 4.69) is 5.16 Å². The molecule has 0 unspecified atom stereocenters. The molecule has 0 aliphatic heterocycles. The lowest BCUT2D eigenvalue weighted by Gasteiger charge is -2.26. The Bertz CT molecular complexity index is 619. The van der Waals surface area contributed by atoms with E-state index in [0.29, 0.717) is 5.56 Å². The second-order valence-electron chi connectivity index (χ2n) is 3.54. The molecule has 3 N–H and O–H groups in total. The van der Waals surface area contributed by atoms with Crippen LogP contribution in [0.5, 0.6) is 0 Å². The average Bonchev–Trinajstić information content (AvgIpc) is 2.27. The molecule has 0 aromatic heterocycles. The van der Waals surface area contributed by atoms with Crippen LogP contribution in [0.1, 0.15) is 11.1 Å². The summed E-state index contributed by atoms with van der Waals surface area (Å²) in [6.07, 6.45) is 2.19. The Morgan fingerprint density at radius 2 is 1.88 bits per heavy atom. The van der Waals surface area contributed by atoms with Crippen molar-refractivity contribution in [3.63, 3.8) is 0 Å². The average molecular weight is 255 g/mol. The van der Waals surface area contributed by atoms with Crippen molar-refractivity contribution < 1.29 is 23.3 Å². The smallest absolute Gasteiger partial charge is 0.305 e. The van der Waals surface area contributed by atoms with Gasteiger partial charge in [-0.15, -0.1) is 0 Å². The lowest BCUT2D eigenvalue weighted by molar-refractivity contribution is 0.216. The van der Waals surface area contributed by atoms with E-state index in [9.17, 15) is 13.5 Å². The van der Waals surface area contributed by atoms with Gasteiger partial charge in [-0.3, -0.25) is 4.55 Å². The molecule has 2 rings (SSSR count). The van der Waals surface area contributed by atoms with Crippen molar-refractivity contribution in [1.82, 2.24) is 0 Å². The molecule has 1 aromatic rings. The highest BCUT2D eigenvalue weighted by Gasteiger charge is 2.47. The van der Waals surface area contributed by atoms with Gasteiger partial charge in [0.15, 0.2) is 0 Å². The Morgan fingerprint density at radius 1 is 1.24 bits per heavy atom. The first kappa shape index (κ1) is 11.8. The van der Waals surface area contributed by atoms with E-state index in [-0.39, 0.29) is 5.56 Å². The SMILES string of the molecule is O=S(=O)(O)[C@@]1(O)C=Cc2ccccc2/C1=N/O. The number of benzene rings is 1. The van der Waals surface area contributed by atoms with E-state index in [1.165, 1.54) is 12.1 Å². The lowest BCUT2D eigenvalue weighted by atomic mass is 9.93. The van der Waals surface area contributed by atoms with Gasteiger partial charge in [0, 0.05) is 5.56 Å². The van der Waals surface area contributed by atoms with Crippen molar-refractivity contribution in [2.24, 2.45) is 5.16 Å². The van der Waals surface area contributed by atoms with E-state index >= 15 is 0 Å². The summed E-state index contributed by atoms with van der Waals surface area (Å²) < 4.78 is 31.3. The molecular weight excluding hydrogens is 246 g/mol. The molecule has 0 radical (unpaired) electrons. The molecule has 0 amide bonds. The van der Waals surface area contributed by atoms with Gasteiger partial charge in [0.25, 0.3) is 4.93 Å². The summed E-state index contributed by atoms with van der Waals surface area (Å²) in [5.41, 5.74) is 0.282. The minimum atomic E-state index is -4.85. The summed E-state index contributed by atoms with van der Waals surface area (Å²) >= 11 is 0. The van der Waals surface area contributed by atoms with Crippen molar-refractivity contribution in [2.45, 2.75) is 4.93 Å². The molecular formula is C10H9NO5S. The summed E-state index contributed by atoms with van der Waals surface area (Å²) in [6.45, 7) is 0. The van der Waals surface area contributed by atoms with Crippen LogP contribution < -0.4 is 0 Å². The largest absolute Gasteiger partial charge is 0.410 e. The standard InChI is InChI=1S/C10H9NO5S/c12-10(17(14,15)16)6-5-7-3-1-2-4-8(7)9(10)11-13/h1-6,12-13H,(H,14,15,16)/b11-9-/t10-/m0/s1. The maximum Gasteiger partial charge on any atom is 0.305 e. The van der Waals surface area contributed by atoms with Gasteiger partial charge in [0.1, 0.15) is 5.71 Å². The number of hydrogen-bond acceptors (Lipinski definition) is 5. The summed E-state index contributed by atoms with van der Waals surface area (Å²) in [5.74, 6) is 0. The molecule has 7 heteroatoms. The topological polar surface area (TPSA) is 107 Å². The molecule has 1 aliphatic rings. The Kier molecular flexibility index (Phi) is 2.53. The van der Waals surface area contributed by atoms with Crippen LogP contribution in [0.2, 0.25) is 0 Å². The second-order valence-corrected chi connectivity index (χ2v) is 5.11. The Labute approximate surface area is 97.3 Å². The molecule has 0 fully saturated rings. The number of rotatable bonds is 1. The van der Waals surface area contributed by atoms with E-state index in [1.54, 1.807) is 18.2 Å². The van der Waals surface area contributed by atoms with E-state index in [4.69, 9.17) is 9.76 Å². The van der Waals surface area contributed by atoms with Crippen molar-refractivity contribution >= 4 is 21.9 Å². The number of fused-ring (bicyclic) bond motifs is 1. The summed E-state index contributed by atoms with van der Waals surface area (Å²) in [6, 6.07) is 6.42. The highest BCUT2D eigenvalue weighted by molar-refractivity contribution is 7.88. The molecule has 0 bridgehead atoms. The van der Waals surface area contributed by atoms with Gasteiger partial charge >= 0.3 is 10.1 Å². The predicted molar refractivity (Wildman–Crippen MR) is 60.3 cm³/mol. The van der Waals surface area contributed by atoms with Crippen LogP contribution in [0.3, 0.4) is 0 Å². The van der Waals surface area contributed by atoms with Gasteiger partial charge < -0.3 is 10.3 Å². The highest BCUT2D eigenvalue weighted by Crippen LogP contribution is 2.29. The van der Waals surface area contributed by atoms with Crippen LogP contribution in [0.4, 0.5) is 0 Å². The number of nitrogens with zero attached hydrogens (tertiary/aromatic N) is 1. The van der Waals surface area contributed by atoms with Crippen LogP contribution in [0.25, 0.3) is 6.08 Å². The predicted octanol–water partition coefficient (Wildman–Crippen LogP) is 0.468. The van der Waals surface area contributed by atoms with Gasteiger partial charge in [-0.2, -0.15) is 8.42 Å². The van der Waals surface area contributed by atoms with Gasteiger partial charge in [-0.25, -0.2) is 0 Å². The van der Waals surface area contributed by atoms with Crippen molar-refractivity contribution in [3.8, 4) is 0 Å². The molecule has 0 heterocycles. The minimum Gasteiger partial charge on any atom is -0.410 e. The van der Waals surface area contributed by atoms with Crippen LogP contribution in [-0.2, 0) is 10.1 Å².